The van der Waals surface area contributed by atoms with Crippen molar-refractivity contribution in [2.45, 2.75) is 40.3 Å². The third-order valence-corrected chi connectivity index (χ3v) is 4.01. The highest BCUT2D eigenvalue weighted by molar-refractivity contribution is 5.94. The molecule has 1 unspecified atom stereocenters. The van der Waals surface area contributed by atoms with E-state index < -0.39 is 0 Å². The van der Waals surface area contributed by atoms with E-state index in [2.05, 4.69) is 11.4 Å². The zero-order valence-electron chi connectivity index (χ0n) is 16.8. The Kier molecular flexibility index (Phi) is 7.67. The first kappa shape index (κ1) is 20.8. The maximum absolute atomic E-state index is 12.5. The molecule has 0 aliphatic carbocycles. The summed E-state index contributed by atoms with van der Waals surface area (Å²) >= 11 is 0. The van der Waals surface area contributed by atoms with E-state index in [1.807, 2.05) is 52.0 Å². The first-order valence-electron chi connectivity index (χ1n) is 9.19. The standard InChI is InChI=1S/C22H29NO4/c1-6-26-21-8-7-18(22(24)23-17(4)13-25-5)12-19(21)14-27-20-10-15(2)9-16(3)11-20/h7-12,17H,6,13-14H2,1-5H3,(H,23,24). The number of carbonyl (C=O) groups is 1. The second-order valence-corrected chi connectivity index (χ2v) is 6.70. The summed E-state index contributed by atoms with van der Waals surface area (Å²) < 4.78 is 16.7. The third kappa shape index (κ3) is 6.29. The molecule has 0 aliphatic heterocycles. The molecule has 0 bridgehead atoms. The molecule has 0 heterocycles. The number of amides is 1. The van der Waals surface area contributed by atoms with Crippen LogP contribution >= 0.6 is 0 Å². The largest absolute Gasteiger partial charge is 0.493 e. The Bertz CT molecular complexity index is 753. The predicted octanol–water partition coefficient (Wildman–Crippen LogP) is 4.05. The van der Waals surface area contributed by atoms with Gasteiger partial charge in [0.15, 0.2) is 0 Å². The number of hydrogen-bond acceptors (Lipinski definition) is 4. The summed E-state index contributed by atoms with van der Waals surface area (Å²) in [6, 6.07) is 11.4. The molecule has 0 aliphatic rings. The smallest absolute Gasteiger partial charge is 0.251 e. The van der Waals surface area contributed by atoms with E-state index in [1.54, 1.807) is 13.2 Å². The van der Waals surface area contributed by atoms with E-state index in [9.17, 15) is 4.79 Å². The maximum Gasteiger partial charge on any atom is 0.251 e. The average molecular weight is 371 g/mol. The SMILES string of the molecule is CCOc1ccc(C(=O)NC(C)COC)cc1COc1cc(C)cc(C)c1. The maximum atomic E-state index is 12.5. The molecule has 2 aromatic carbocycles. The zero-order chi connectivity index (χ0) is 19.8. The number of methoxy groups -OCH3 is 1. The molecule has 0 saturated carbocycles. The number of aryl methyl sites for hydroxylation is 2. The molecule has 1 amide bonds. The van der Waals surface area contributed by atoms with Gasteiger partial charge in [-0.05, 0) is 69.2 Å². The van der Waals surface area contributed by atoms with Crippen molar-refractivity contribution in [3.05, 3.63) is 58.7 Å². The molecule has 0 fully saturated rings. The number of nitrogens with one attached hydrogen (secondary N) is 1. The van der Waals surface area contributed by atoms with Crippen LogP contribution in [0, 0.1) is 13.8 Å². The fourth-order valence-corrected chi connectivity index (χ4v) is 2.91. The van der Waals surface area contributed by atoms with Gasteiger partial charge in [-0.2, -0.15) is 0 Å². The van der Waals surface area contributed by atoms with Gasteiger partial charge in [-0.1, -0.05) is 6.07 Å². The lowest BCUT2D eigenvalue weighted by atomic mass is 10.1. The molecule has 5 heteroatoms. The average Bonchev–Trinajstić information content (AvgIpc) is 2.60. The highest BCUT2D eigenvalue weighted by Gasteiger charge is 2.13. The van der Waals surface area contributed by atoms with Gasteiger partial charge in [-0.3, -0.25) is 4.79 Å². The van der Waals surface area contributed by atoms with Crippen molar-refractivity contribution in [2.24, 2.45) is 0 Å². The van der Waals surface area contributed by atoms with Gasteiger partial charge in [-0.25, -0.2) is 0 Å². The van der Waals surface area contributed by atoms with Gasteiger partial charge in [0.2, 0.25) is 0 Å². The zero-order valence-corrected chi connectivity index (χ0v) is 16.8. The summed E-state index contributed by atoms with van der Waals surface area (Å²) in [6.45, 7) is 9.25. The van der Waals surface area contributed by atoms with Gasteiger partial charge in [0.1, 0.15) is 18.1 Å². The van der Waals surface area contributed by atoms with Crippen molar-refractivity contribution >= 4 is 5.91 Å². The Balaban J connectivity index is 2.17. The van der Waals surface area contributed by atoms with Gasteiger partial charge in [0, 0.05) is 24.3 Å². The lowest BCUT2D eigenvalue weighted by Gasteiger charge is -2.16. The summed E-state index contributed by atoms with van der Waals surface area (Å²) in [5.41, 5.74) is 3.70. The third-order valence-electron chi connectivity index (χ3n) is 4.01. The fraction of sp³-hybridized carbons (Fsp3) is 0.409. The van der Waals surface area contributed by atoms with Gasteiger partial charge >= 0.3 is 0 Å². The summed E-state index contributed by atoms with van der Waals surface area (Å²) in [7, 11) is 1.61. The van der Waals surface area contributed by atoms with Gasteiger partial charge < -0.3 is 19.5 Å². The lowest BCUT2D eigenvalue weighted by molar-refractivity contribution is 0.0905. The van der Waals surface area contributed by atoms with E-state index >= 15 is 0 Å². The summed E-state index contributed by atoms with van der Waals surface area (Å²) in [5.74, 6) is 1.39. The lowest BCUT2D eigenvalue weighted by Crippen LogP contribution is -2.35. The summed E-state index contributed by atoms with van der Waals surface area (Å²) in [5, 5.41) is 2.92. The quantitative estimate of drug-likeness (QED) is 0.723. The molecule has 0 aromatic heterocycles. The van der Waals surface area contributed by atoms with E-state index in [1.165, 1.54) is 0 Å². The Labute approximate surface area is 161 Å². The Morgan fingerprint density at radius 3 is 2.41 bits per heavy atom. The minimum absolute atomic E-state index is 0.0657. The molecule has 2 aromatic rings. The molecule has 0 spiro atoms. The molecule has 0 radical (unpaired) electrons. The van der Waals surface area contributed by atoms with Crippen LogP contribution in [0.2, 0.25) is 0 Å². The van der Waals surface area contributed by atoms with Gasteiger partial charge in [0.05, 0.1) is 13.2 Å². The van der Waals surface area contributed by atoms with E-state index in [0.717, 1.165) is 28.2 Å². The van der Waals surface area contributed by atoms with Gasteiger partial charge in [0.25, 0.3) is 5.91 Å². The number of rotatable bonds is 9. The molecular weight excluding hydrogens is 342 g/mol. The van der Waals surface area contributed by atoms with E-state index in [-0.39, 0.29) is 11.9 Å². The molecule has 5 nitrogen and oxygen atoms in total. The number of ether oxygens (including phenoxy) is 3. The van der Waals surface area contributed by atoms with Crippen molar-refractivity contribution in [1.29, 1.82) is 0 Å². The van der Waals surface area contributed by atoms with Crippen LogP contribution in [-0.4, -0.2) is 32.3 Å². The van der Waals surface area contributed by atoms with Crippen molar-refractivity contribution < 1.29 is 19.0 Å². The van der Waals surface area contributed by atoms with Crippen LogP contribution in [0.4, 0.5) is 0 Å². The Morgan fingerprint density at radius 2 is 1.78 bits per heavy atom. The summed E-state index contributed by atoms with van der Waals surface area (Å²) in [4.78, 5) is 12.5. The predicted molar refractivity (Wildman–Crippen MR) is 107 cm³/mol. The van der Waals surface area contributed by atoms with Gasteiger partial charge in [-0.15, -0.1) is 0 Å². The van der Waals surface area contributed by atoms with Crippen LogP contribution in [0.5, 0.6) is 11.5 Å². The Morgan fingerprint density at radius 1 is 1.07 bits per heavy atom. The molecule has 0 saturated heterocycles. The molecule has 27 heavy (non-hydrogen) atoms. The van der Waals surface area contributed by atoms with Crippen LogP contribution in [0.15, 0.2) is 36.4 Å². The second-order valence-electron chi connectivity index (χ2n) is 6.70. The van der Waals surface area contributed by atoms with Crippen molar-refractivity contribution in [2.75, 3.05) is 20.3 Å². The molecule has 1 atom stereocenters. The fourth-order valence-electron chi connectivity index (χ4n) is 2.91. The topological polar surface area (TPSA) is 56.8 Å². The van der Waals surface area contributed by atoms with Crippen LogP contribution in [-0.2, 0) is 11.3 Å². The van der Waals surface area contributed by atoms with Crippen molar-refractivity contribution in [3.63, 3.8) is 0 Å². The molecule has 2 rings (SSSR count). The van der Waals surface area contributed by atoms with Crippen LogP contribution in [0.1, 0.15) is 40.9 Å². The number of hydrogen-bond donors (Lipinski definition) is 1. The number of carbonyl (C=O) groups excluding carboxylic acids is 1. The number of benzene rings is 2. The normalized spacial score (nSPS) is 11.7. The summed E-state index contributed by atoms with van der Waals surface area (Å²) in [6.07, 6.45) is 0. The highest BCUT2D eigenvalue weighted by atomic mass is 16.5. The van der Waals surface area contributed by atoms with Crippen LogP contribution in [0.3, 0.4) is 0 Å². The first-order chi connectivity index (χ1) is 12.9. The Hall–Kier alpha value is -2.53. The van der Waals surface area contributed by atoms with Crippen molar-refractivity contribution in [3.8, 4) is 11.5 Å². The van der Waals surface area contributed by atoms with E-state index in [0.29, 0.717) is 25.4 Å². The monoisotopic (exact) mass is 371 g/mol. The molecular formula is C22H29NO4. The molecule has 146 valence electrons. The van der Waals surface area contributed by atoms with Crippen LogP contribution < -0.4 is 14.8 Å². The molecule has 1 N–H and O–H groups in total. The minimum Gasteiger partial charge on any atom is -0.493 e. The minimum atomic E-state index is -0.143. The second kappa shape index (κ2) is 9.97. The first-order valence-corrected chi connectivity index (χ1v) is 9.19. The van der Waals surface area contributed by atoms with Crippen LogP contribution in [0.25, 0.3) is 0 Å². The van der Waals surface area contributed by atoms with Crippen molar-refractivity contribution in [1.82, 2.24) is 5.32 Å². The van der Waals surface area contributed by atoms with E-state index in [4.69, 9.17) is 14.2 Å². The highest BCUT2D eigenvalue weighted by Crippen LogP contribution is 2.24.